The van der Waals surface area contributed by atoms with Gasteiger partial charge in [0, 0.05) is 16.7 Å². The van der Waals surface area contributed by atoms with E-state index in [0.29, 0.717) is 25.8 Å². The molecule has 2 aromatic rings. The minimum atomic E-state index is -4.39. The van der Waals surface area contributed by atoms with Gasteiger partial charge in [0.25, 0.3) is 0 Å². The summed E-state index contributed by atoms with van der Waals surface area (Å²) in [7, 11) is 0. The summed E-state index contributed by atoms with van der Waals surface area (Å²) in [4.78, 5) is 0. The summed E-state index contributed by atoms with van der Waals surface area (Å²) in [6, 6.07) is 8.76. The van der Waals surface area contributed by atoms with Crippen LogP contribution in [0.15, 0.2) is 40.9 Å². The molecule has 2 aromatic carbocycles. The second-order valence-corrected chi connectivity index (χ2v) is 5.99. The lowest BCUT2D eigenvalue weighted by molar-refractivity contribution is -0.137. The molecule has 0 saturated carbocycles. The zero-order chi connectivity index (χ0) is 15.6. The second kappa shape index (κ2) is 6.46. The van der Waals surface area contributed by atoms with Gasteiger partial charge in [-0.25, -0.2) is 0 Å². The molecule has 0 bridgehead atoms. The third kappa shape index (κ3) is 4.28. The van der Waals surface area contributed by atoms with E-state index in [1.54, 1.807) is 24.3 Å². The second-order valence-electron chi connectivity index (χ2n) is 4.29. The average molecular weight is 399 g/mol. The minimum absolute atomic E-state index is 0.271. The fourth-order valence-electron chi connectivity index (χ4n) is 1.74. The van der Waals surface area contributed by atoms with E-state index in [1.807, 2.05) is 0 Å². The Labute approximate surface area is 138 Å². The fraction of sp³-hybridized carbons (Fsp3) is 0.143. The molecule has 0 aliphatic heterocycles. The van der Waals surface area contributed by atoms with Crippen LogP contribution < -0.4 is 5.32 Å². The lowest BCUT2D eigenvalue weighted by Crippen LogP contribution is -2.07. The number of benzene rings is 2. The molecule has 0 radical (unpaired) electrons. The molecular weight excluding hydrogens is 390 g/mol. The maximum Gasteiger partial charge on any atom is 0.416 e. The average Bonchev–Trinajstić information content (AvgIpc) is 2.39. The molecule has 0 atom stereocenters. The molecule has 21 heavy (non-hydrogen) atoms. The van der Waals surface area contributed by atoms with E-state index in [0.717, 1.165) is 12.1 Å². The number of nitrogens with one attached hydrogen (secondary N) is 1. The van der Waals surface area contributed by atoms with Crippen molar-refractivity contribution >= 4 is 44.8 Å². The Morgan fingerprint density at radius 3 is 2.48 bits per heavy atom. The highest BCUT2D eigenvalue weighted by Crippen LogP contribution is 2.34. The molecule has 0 unspecified atom stereocenters. The molecule has 7 heteroatoms. The van der Waals surface area contributed by atoms with Crippen LogP contribution in [0.4, 0.5) is 18.9 Å². The van der Waals surface area contributed by atoms with Gasteiger partial charge in [0.05, 0.1) is 15.6 Å². The molecule has 0 aliphatic carbocycles. The number of rotatable bonds is 3. The van der Waals surface area contributed by atoms with Gasteiger partial charge in [-0.1, -0.05) is 51.3 Å². The molecule has 0 heterocycles. The number of anilines is 1. The number of halogens is 6. The summed E-state index contributed by atoms with van der Waals surface area (Å²) in [6.07, 6.45) is -4.39. The summed E-state index contributed by atoms with van der Waals surface area (Å²) in [5.41, 5.74) is 0.321. The van der Waals surface area contributed by atoms with E-state index < -0.39 is 11.7 Å². The highest BCUT2D eigenvalue weighted by molar-refractivity contribution is 9.10. The van der Waals surface area contributed by atoms with Crippen LogP contribution in [0.2, 0.25) is 10.0 Å². The third-order valence-electron chi connectivity index (χ3n) is 2.74. The minimum Gasteiger partial charge on any atom is -0.381 e. The summed E-state index contributed by atoms with van der Waals surface area (Å²) in [5, 5.41) is 3.70. The van der Waals surface area contributed by atoms with Crippen molar-refractivity contribution in [3.8, 4) is 0 Å². The predicted molar refractivity (Wildman–Crippen MR) is 82.9 cm³/mol. The Morgan fingerprint density at radius 2 is 1.81 bits per heavy atom. The smallest absolute Gasteiger partial charge is 0.381 e. The van der Waals surface area contributed by atoms with E-state index in [1.165, 1.54) is 0 Å². The normalized spacial score (nSPS) is 11.5. The molecule has 0 spiro atoms. The topological polar surface area (TPSA) is 12.0 Å². The quantitative estimate of drug-likeness (QED) is 0.631. The lowest BCUT2D eigenvalue weighted by Gasteiger charge is -2.12. The van der Waals surface area contributed by atoms with Gasteiger partial charge < -0.3 is 5.32 Å². The van der Waals surface area contributed by atoms with Crippen molar-refractivity contribution in [3.63, 3.8) is 0 Å². The van der Waals surface area contributed by atoms with E-state index >= 15 is 0 Å². The van der Waals surface area contributed by atoms with Crippen LogP contribution in [0.3, 0.4) is 0 Å². The highest BCUT2D eigenvalue weighted by Gasteiger charge is 2.31. The summed E-state index contributed by atoms with van der Waals surface area (Å²) < 4.78 is 38.6. The van der Waals surface area contributed by atoms with E-state index in [2.05, 4.69) is 21.2 Å². The molecule has 1 N–H and O–H groups in total. The molecule has 2 rings (SSSR count). The Bertz CT molecular complexity index is 659. The van der Waals surface area contributed by atoms with Crippen LogP contribution in [0.1, 0.15) is 11.1 Å². The van der Waals surface area contributed by atoms with Gasteiger partial charge >= 0.3 is 6.18 Å². The first-order valence-electron chi connectivity index (χ1n) is 5.82. The summed E-state index contributed by atoms with van der Waals surface area (Å²) >= 11 is 15.0. The van der Waals surface area contributed by atoms with Gasteiger partial charge in [-0.05, 0) is 29.8 Å². The number of hydrogen-bond acceptors (Lipinski definition) is 1. The molecule has 0 aliphatic rings. The van der Waals surface area contributed by atoms with Crippen molar-refractivity contribution in [2.75, 3.05) is 5.32 Å². The Kier molecular flexibility index (Phi) is 5.07. The van der Waals surface area contributed by atoms with Gasteiger partial charge in [-0.2, -0.15) is 13.2 Å². The highest BCUT2D eigenvalue weighted by atomic mass is 79.9. The van der Waals surface area contributed by atoms with Crippen LogP contribution in [-0.4, -0.2) is 0 Å². The number of alkyl halides is 3. The molecule has 0 saturated heterocycles. The largest absolute Gasteiger partial charge is 0.416 e. The van der Waals surface area contributed by atoms with Gasteiger partial charge in [-0.15, -0.1) is 0 Å². The summed E-state index contributed by atoms with van der Waals surface area (Å²) in [5.74, 6) is 0. The van der Waals surface area contributed by atoms with Crippen LogP contribution in [0, 0.1) is 0 Å². The van der Waals surface area contributed by atoms with Crippen molar-refractivity contribution in [1.82, 2.24) is 0 Å². The molecular formula is C14H9BrCl2F3N. The standard InChI is InChI=1S/C14H9BrCl2F3N/c15-10-4-9(14(18,19)20)5-11(6-10)21-7-8-2-1-3-12(16)13(8)17/h1-6,21H,7H2. The van der Waals surface area contributed by atoms with Crippen LogP contribution >= 0.6 is 39.1 Å². The van der Waals surface area contributed by atoms with Crippen LogP contribution in [-0.2, 0) is 12.7 Å². The van der Waals surface area contributed by atoms with Crippen LogP contribution in [0.5, 0.6) is 0 Å². The van der Waals surface area contributed by atoms with Gasteiger partial charge in [0.2, 0.25) is 0 Å². The molecule has 1 nitrogen and oxygen atoms in total. The maximum atomic E-state index is 12.7. The predicted octanol–water partition coefficient (Wildman–Crippen LogP) is 6.39. The molecule has 0 fully saturated rings. The SMILES string of the molecule is FC(F)(F)c1cc(Br)cc(NCc2cccc(Cl)c2Cl)c1. The van der Waals surface area contributed by atoms with Crippen molar-refractivity contribution in [3.05, 3.63) is 62.0 Å². The first-order chi connectivity index (χ1) is 9.77. The monoisotopic (exact) mass is 397 g/mol. The Morgan fingerprint density at radius 1 is 1.10 bits per heavy atom. The van der Waals surface area contributed by atoms with Gasteiger partial charge in [-0.3, -0.25) is 0 Å². The molecule has 0 aromatic heterocycles. The molecule has 0 amide bonds. The zero-order valence-corrected chi connectivity index (χ0v) is 13.5. The van der Waals surface area contributed by atoms with Crippen molar-refractivity contribution in [2.24, 2.45) is 0 Å². The summed E-state index contributed by atoms with van der Waals surface area (Å²) in [6.45, 7) is 0.271. The van der Waals surface area contributed by atoms with Crippen molar-refractivity contribution in [2.45, 2.75) is 12.7 Å². The Balaban J connectivity index is 2.21. The van der Waals surface area contributed by atoms with Gasteiger partial charge in [0.1, 0.15) is 0 Å². The van der Waals surface area contributed by atoms with E-state index in [9.17, 15) is 13.2 Å². The van der Waals surface area contributed by atoms with E-state index in [4.69, 9.17) is 23.2 Å². The van der Waals surface area contributed by atoms with Gasteiger partial charge in [0.15, 0.2) is 0 Å². The first-order valence-corrected chi connectivity index (χ1v) is 7.37. The zero-order valence-electron chi connectivity index (χ0n) is 10.4. The first kappa shape index (κ1) is 16.5. The maximum absolute atomic E-state index is 12.7. The van der Waals surface area contributed by atoms with E-state index in [-0.39, 0.29) is 6.54 Å². The van der Waals surface area contributed by atoms with Crippen molar-refractivity contribution < 1.29 is 13.2 Å². The van der Waals surface area contributed by atoms with Crippen molar-refractivity contribution in [1.29, 1.82) is 0 Å². The third-order valence-corrected chi connectivity index (χ3v) is 4.06. The Hall–Kier alpha value is -0.910. The number of hydrogen-bond donors (Lipinski definition) is 1. The molecule has 112 valence electrons. The lowest BCUT2D eigenvalue weighted by atomic mass is 10.1. The fourth-order valence-corrected chi connectivity index (χ4v) is 2.62. The van der Waals surface area contributed by atoms with Crippen LogP contribution in [0.25, 0.3) is 0 Å².